The van der Waals surface area contributed by atoms with Crippen molar-refractivity contribution >= 4 is 68.8 Å². The number of nitrogens with one attached hydrogen (secondary N) is 1. The van der Waals surface area contributed by atoms with Crippen LogP contribution < -0.4 is 14.8 Å². The van der Waals surface area contributed by atoms with Crippen LogP contribution in [-0.4, -0.2) is 35.1 Å². The van der Waals surface area contributed by atoms with Crippen LogP contribution in [0.1, 0.15) is 18.2 Å². The number of hydrogen-bond acceptors (Lipinski definition) is 7. The van der Waals surface area contributed by atoms with Gasteiger partial charge in [-0.05, 0) is 101 Å². The van der Waals surface area contributed by atoms with Crippen LogP contribution in [0.4, 0.5) is 11.4 Å². The van der Waals surface area contributed by atoms with E-state index in [1.54, 1.807) is 23.3 Å². The number of amides is 2. The van der Waals surface area contributed by atoms with E-state index in [0.717, 1.165) is 14.8 Å². The Bertz CT molecular complexity index is 1570. The summed E-state index contributed by atoms with van der Waals surface area (Å²) in [7, 11) is 0. The maximum Gasteiger partial charge on any atom is 0.267 e. The molecule has 2 heterocycles. The Balaban J connectivity index is 1.39. The second-order valence-electron chi connectivity index (χ2n) is 8.78. The number of carbonyl (C=O) groups excluding carboxylic acids is 2. The Labute approximate surface area is 255 Å². The maximum absolute atomic E-state index is 13.5. The Kier molecular flexibility index (Phi) is 9.42. The van der Waals surface area contributed by atoms with E-state index in [0.29, 0.717) is 39.6 Å². The van der Waals surface area contributed by atoms with E-state index < -0.39 is 0 Å². The van der Waals surface area contributed by atoms with Crippen molar-refractivity contribution in [1.29, 1.82) is 0 Å². The molecule has 0 unspecified atom stereocenters. The largest absolute Gasteiger partial charge is 0.490 e. The topological polar surface area (TPSA) is 93.4 Å². The molecule has 2 amide bonds. The van der Waals surface area contributed by atoms with Crippen LogP contribution >= 0.6 is 34.4 Å². The van der Waals surface area contributed by atoms with Gasteiger partial charge in [0.25, 0.3) is 11.8 Å². The Morgan fingerprint density at radius 2 is 1.80 bits per heavy atom. The molecule has 0 spiro atoms. The number of benzene rings is 3. The fraction of sp³-hybridized carbons (Fsp3) is 0.129. The van der Waals surface area contributed by atoms with Gasteiger partial charge < -0.3 is 19.2 Å². The van der Waals surface area contributed by atoms with E-state index in [9.17, 15) is 9.59 Å². The van der Waals surface area contributed by atoms with Crippen LogP contribution in [0, 0.1) is 3.57 Å². The zero-order valence-electron chi connectivity index (χ0n) is 22.1. The lowest BCUT2D eigenvalue weighted by Gasteiger charge is -2.15. The molecule has 41 heavy (non-hydrogen) atoms. The molecule has 8 nitrogen and oxygen atoms in total. The van der Waals surface area contributed by atoms with Crippen LogP contribution in [0.15, 0.2) is 106 Å². The standard InChI is InChI=1S/C31H26IN3O5S/c1-2-38-26-17-21(16-25(32)29(26)40-20-28(36)33-22-10-5-3-6-11-22)18-27-30(37)35(19-24-14-9-15-39-24)31(41-27)34-23-12-7-4-8-13-23/h3-18H,2,19-20H2,1H3,(H,33,36)/b27-18-,34-31?. The molecular formula is C31H26IN3O5S. The number of anilines is 1. The molecule has 1 saturated heterocycles. The van der Waals surface area contributed by atoms with Crippen LogP contribution in [0.5, 0.6) is 11.5 Å². The number of thioether (sulfide) groups is 1. The monoisotopic (exact) mass is 679 g/mol. The number of furan rings is 1. The lowest BCUT2D eigenvalue weighted by molar-refractivity contribution is -0.122. The molecule has 5 rings (SSSR count). The number of halogens is 1. The predicted octanol–water partition coefficient (Wildman–Crippen LogP) is 7.10. The SMILES string of the molecule is CCOc1cc(/C=C2\SC(=Nc3ccccc3)N(Cc3ccco3)C2=O)cc(I)c1OCC(=O)Nc1ccccc1. The zero-order valence-corrected chi connectivity index (χ0v) is 25.1. The second-order valence-corrected chi connectivity index (χ2v) is 10.9. The third-order valence-corrected chi connectivity index (χ3v) is 7.61. The maximum atomic E-state index is 13.5. The Morgan fingerprint density at radius 3 is 2.51 bits per heavy atom. The number of hydrogen-bond donors (Lipinski definition) is 1. The first-order valence-corrected chi connectivity index (χ1v) is 14.7. The van der Waals surface area contributed by atoms with Gasteiger partial charge in [0.1, 0.15) is 5.76 Å². The molecule has 1 N–H and O–H groups in total. The third-order valence-electron chi connectivity index (χ3n) is 5.80. The highest BCUT2D eigenvalue weighted by atomic mass is 127. The number of ether oxygens (including phenoxy) is 2. The molecule has 1 aliphatic rings. The minimum atomic E-state index is -0.282. The van der Waals surface area contributed by atoms with E-state index in [-0.39, 0.29) is 25.0 Å². The molecule has 0 atom stereocenters. The van der Waals surface area contributed by atoms with Crippen LogP contribution in [0.3, 0.4) is 0 Å². The predicted molar refractivity (Wildman–Crippen MR) is 169 cm³/mol. The van der Waals surface area contributed by atoms with Crippen molar-refractivity contribution in [3.05, 3.63) is 111 Å². The quantitative estimate of drug-likeness (QED) is 0.142. The summed E-state index contributed by atoms with van der Waals surface area (Å²) in [6.45, 7) is 2.36. The molecule has 0 bridgehead atoms. The van der Waals surface area contributed by atoms with Gasteiger partial charge in [0.05, 0.1) is 33.6 Å². The first-order chi connectivity index (χ1) is 20.0. The van der Waals surface area contributed by atoms with Crippen molar-refractivity contribution in [3.63, 3.8) is 0 Å². The molecule has 3 aromatic carbocycles. The van der Waals surface area contributed by atoms with Crippen molar-refractivity contribution in [3.8, 4) is 11.5 Å². The highest BCUT2D eigenvalue weighted by molar-refractivity contribution is 14.1. The number of carbonyl (C=O) groups is 2. The number of amidine groups is 1. The summed E-state index contributed by atoms with van der Waals surface area (Å²) in [6.07, 6.45) is 3.39. The van der Waals surface area contributed by atoms with Gasteiger partial charge in [-0.2, -0.15) is 0 Å². The molecule has 0 radical (unpaired) electrons. The van der Waals surface area contributed by atoms with E-state index in [1.807, 2.05) is 85.8 Å². The fourth-order valence-corrected chi connectivity index (χ4v) is 5.76. The van der Waals surface area contributed by atoms with Crippen LogP contribution in [0.25, 0.3) is 6.08 Å². The summed E-state index contributed by atoms with van der Waals surface area (Å²) in [4.78, 5) is 32.8. The van der Waals surface area contributed by atoms with Crippen molar-refractivity contribution in [2.45, 2.75) is 13.5 Å². The highest BCUT2D eigenvalue weighted by Crippen LogP contribution is 2.38. The Hall–Kier alpha value is -4.03. The molecule has 0 saturated carbocycles. The minimum absolute atomic E-state index is 0.174. The van der Waals surface area contributed by atoms with Crippen molar-refractivity contribution in [2.75, 3.05) is 18.5 Å². The summed E-state index contributed by atoms with van der Waals surface area (Å²) < 4.78 is 18.0. The van der Waals surface area contributed by atoms with Gasteiger partial charge in [-0.15, -0.1) is 0 Å². The van der Waals surface area contributed by atoms with Gasteiger partial charge in [-0.1, -0.05) is 36.4 Å². The van der Waals surface area contributed by atoms with E-state index in [2.05, 4.69) is 27.9 Å². The average molecular weight is 680 g/mol. The molecule has 10 heteroatoms. The van der Waals surface area contributed by atoms with Crippen molar-refractivity contribution in [1.82, 2.24) is 4.90 Å². The summed E-state index contributed by atoms with van der Waals surface area (Å²) >= 11 is 3.45. The number of aliphatic imine (C=N–C) groups is 1. The second kappa shape index (κ2) is 13.6. The van der Waals surface area contributed by atoms with E-state index >= 15 is 0 Å². The van der Waals surface area contributed by atoms with Gasteiger partial charge in [0.15, 0.2) is 23.3 Å². The normalized spacial score (nSPS) is 15.0. The summed E-state index contributed by atoms with van der Waals surface area (Å²) in [5.41, 5.74) is 2.20. The summed E-state index contributed by atoms with van der Waals surface area (Å²) in [5.74, 6) is 1.16. The molecule has 208 valence electrons. The van der Waals surface area contributed by atoms with Gasteiger partial charge in [0.2, 0.25) is 0 Å². The molecule has 1 aromatic heterocycles. The highest BCUT2D eigenvalue weighted by Gasteiger charge is 2.34. The number of nitrogens with zero attached hydrogens (tertiary/aromatic N) is 2. The van der Waals surface area contributed by atoms with E-state index in [1.165, 1.54) is 11.8 Å². The summed E-state index contributed by atoms with van der Waals surface area (Å²) in [6, 6.07) is 26.0. The number of rotatable bonds is 10. The molecule has 1 fully saturated rings. The molecular weight excluding hydrogens is 653 g/mol. The van der Waals surface area contributed by atoms with Crippen molar-refractivity contribution in [2.24, 2.45) is 4.99 Å². The van der Waals surface area contributed by atoms with Gasteiger partial charge >= 0.3 is 0 Å². The lowest BCUT2D eigenvalue weighted by Crippen LogP contribution is -2.28. The lowest BCUT2D eigenvalue weighted by atomic mass is 10.2. The van der Waals surface area contributed by atoms with Crippen LogP contribution in [-0.2, 0) is 16.1 Å². The molecule has 1 aliphatic heterocycles. The van der Waals surface area contributed by atoms with Gasteiger partial charge in [-0.25, -0.2) is 4.99 Å². The molecule has 0 aliphatic carbocycles. The van der Waals surface area contributed by atoms with Gasteiger partial charge in [0, 0.05) is 5.69 Å². The first kappa shape index (κ1) is 28.5. The third kappa shape index (κ3) is 7.39. The summed E-state index contributed by atoms with van der Waals surface area (Å²) in [5, 5.41) is 3.37. The fourth-order valence-electron chi connectivity index (χ4n) is 3.98. The first-order valence-electron chi connectivity index (χ1n) is 12.8. The van der Waals surface area contributed by atoms with Gasteiger partial charge in [-0.3, -0.25) is 14.5 Å². The minimum Gasteiger partial charge on any atom is -0.490 e. The zero-order chi connectivity index (χ0) is 28.6. The number of para-hydroxylation sites is 2. The Morgan fingerprint density at radius 1 is 1.05 bits per heavy atom. The van der Waals surface area contributed by atoms with E-state index in [4.69, 9.17) is 18.9 Å². The smallest absolute Gasteiger partial charge is 0.267 e. The average Bonchev–Trinajstić information content (AvgIpc) is 3.58. The molecule has 4 aromatic rings. The van der Waals surface area contributed by atoms with Crippen LogP contribution in [0.2, 0.25) is 0 Å². The van der Waals surface area contributed by atoms with Crippen molar-refractivity contribution < 1.29 is 23.5 Å².